The largest absolute Gasteiger partial charge is 0.440 e. The molecule has 0 amide bonds. The van der Waals surface area contributed by atoms with E-state index < -0.39 is 0 Å². The average molecular weight is 267 g/mol. The van der Waals surface area contributed by atoms with Crippen LogP contribution in [0.4, 0.5) is 5.82 Å². The molecule has 0 unspecified atom stereocenters. The Hall–Kier alpha value is -1.64. The van der Waals surface area contributed by atoms with Gasteiger partial charge in [-0.25, -0.2) is 20.8 Å². The van der Waals surface area contributed by atoms with E-state index in [2.05, 4.69) is 20.4 Å². The summed E-state index contributed by atoms with van der Waals surface area (Å²) < 4.78 is 10.4. The van der Waals surface area contributed by atoms with Crippen LogP contribution in [0.3, 0.4) is 0 Å². The number of ether oxygens (including phenoxy) is 1. The molecule has 2 aromatic heterocycles. The summed E-state index contributed by atoms with van der Waals surface area (Å²) in [5.41, 5.74) is 2.49. The molecule has 0 aliphatic carbocycles. The normalized spacial score (nSPS) is 10.6. The minimum absolute atomic E-state index is 0.338. The Balaban J connectivity index is 2.17. The van der Waals surface area contributed by atoms with Gasteiger partial charge in [0.15, 0.2) is 5.82 Å². The zero-order valence-electron chi connectivity index (χ0n) is 9.79. The van der Waals surface area contributed by atoms with Crippen LogP contribution in [0.15, 0.2) is 33.2 Å². The molecule has 0 spiro atoms. The van der Waals surface area contributed by atoms with Gasteiger partial charge in [-0.2, -0.15) is 0 Å². The topological polar surface area (TPSA) is 99.1 Å². The Kier molecular flexibility index (Phi) is 4.51. The zero-order chi connectivity index (χ0) is 12.8. The molecular weight excluding hydrogens is 254 g/mol. The molecule has 0 radical (unpaired) electrons. The quantitative estimate of drug-likeness (QED) is 0.461. The number of oxazole rings is 1. The van der Waals surface area contributed by atoms with Crippen molar-refractivity contribution in [3.8, 4) is 0 Å². The monoisotopic (exact) mass is 267 g/mol. The fourth-order valence-electron chi connectivity index (χ4n) is 1.21. The van der Waals surface area contributed by atoms with Crippen LogP contribution >= 0.6 is 11.8 Å². The van der Waals surface area contributed by atoms with E-state index in [1.54, 1.807) is 12.3 Å². The van der Waals surface area contributed by atoms with Gasteiger partial charge in [0.1, 0.15) is 23.7 Å². The predicted octanol–water partition coefficient (Wildman–Crippen LogP) is 1.44. The van der Waals surface area contributed by atoms with E-state index in [0.717, 1.165) is 0 Å². The maximum Gasteiger partial charge on any atom is 0.261 e. The molecule has 0 saturated carbocycles. The van der Waals surface area contributed by atoms with Gasteiger partial charge in [-0.05, 0) is 18.7 Å². The molecular formula is C10H13N5O2S. The number of hydrazine groups is 1. The molecule has 0 aromatic carbocycles. The highest BCUT2D eigenvalue weighted by Crippen LogP contribution is 2.25. The van der Waals surface area contributed by atoms with Crippen LogP contribution in [0.2, 0.25) is 0 Å². The second kappa shape index (κ2) is 6.34. The summed E-state index contributed by atoms with van der Waals surface area (Å²) >= 11 is 1.29. The van der Waals surface area contributed by atoms with Gasteiger partial charge in [0.2, 0.25) is 0 Å². The van der Waals surface area contributed by atoms with Gasteiger partial charge in [-0.15, -0.1) is 0 Å². The fourth-order valence-corrected chi connectivity index (χ4v) is 1.92. The van der Waals surface area contributed by atoms with Gasteiger partial charge in [0, 0.05) is 12.7 Å². The standard InChI is InChI=1S/C10H13N5O2S/c1-2-16-6-8-13-7(15-11)5-9(14-8)18-10-12-3-4-17-10/h3-5H,2,6,11H2,1H3,(H,13,14,15). The molecule has 2 rings (SSSR count). The van der Waals surface area contributed by atoms with E-state index in [-0.39, 0.29) is 0 Å². The van der Waals surface area contributed by atoms with Crippen molar-refractivity contribution in [3.63, 3.8) is 0 Å². The number of nitrogens with one attached hydrogen (secondary N) is 1. The second-order valence-corrected chi connectivity index (χ2v) is 4.16. The van der Waals surface area contributed by atoms with E-state index >= 15 is 0 Å². The first-order valence-electron chi connectivity index (χ1n) is 5.31. The van der Waals surface area contributed by atoms with Crippen LogP contribution in [0.25, 0.3) is 0 Å². The molecule has 0 saturated heterocycles. The van der Waals surface area contributed by atoms with E-state index in [4.69, 9.17) is 15.0 Å². The number of nitrogen functional groups attached to an aromatic ring is 1. The van der Waals surface area contributed by atoms with Gasteiger partial charge in [0.25, 0.3) is 5.22 Å². The van der Waals surface area contributed by atoms with E-state index in [1.807, 2.05) is 6.92 Å². The number of rotatable bonds is 6. The first kappa shape index (κ1) is 12.8. The number of nitrogens with two attached hydrogens (primary N) is 1. The van der Waals surface area contributed by atoms with Crippen molar-refractivity contribution in [3.05, 3.63) is 24.4 Å². The van der Waals surface area contributed by atoms with Gasteiger partial charge >= 0.3 is 0 Å². The third-order valence-electron chi connectivity index (χ3n) is 1.93. The van der Waals surface area contributed by atoms with Crippen LogP contribution in [0, 0.1) is 0 Å². The molecule has 2 aromatic rings. The summed E-state index contributed by atoms with van der Waals surface area (Å²) in [6.45, 7) is 2.85. The van der Waals surface area contributed by atoms with Gasteiger partial charge in [-0.1, -0.05) is 0 Å². The summed E-state index contributed by atoms with van der Waals surface area (Å²) in [4.78, 5) is 12.5. The van der Waals surface area contributed by atoms with Crippen molar-refractivity contribution >= 4 is 17.6 Å². The third-order valence-corrected chi connectivity index (χ3v) is 2.73. The summed E-state index contributed by atoms with van der Waals surface area (Å²) in [7, 11) is 0. The molecule has 7 nitrogen and oxygen atoms in total. The number of nitrogens with zero attached hydrogens (tertiary/aromatic N) is 3. The lowest BCUT2D eigenvalue weighted by Crippen LogP contribution is -2.11. The summed E-state index contributed by atoms with van der Waals surface area (Å²) in [5, 5.41) is 1.20. The molecule has 0 aliphatic rings. The van der Waals surface area contributed by atoms with E-state index in [9.17, 15) is 0 Å². The first-order valence-corrected chi connectivity index (χ1v) is 6.13. The average Bonchev–Trinajstić information content (AvgIpc) is 2.89. The third kappa shape index (κ3) is 3.42. The molecule has 0 aliphatic heterocycles. The highest BCUT2D eigenvalue weighted by atomic mass is 32.2. The molecule has 3 N–H and O–H groups in total. The fraction of sp³-hybridized carbons (Fsp3) is 0.300. The predicted molar refractivity (Wildman–Crippen MR) is 65.8 cm³/mol. The Labute approximate surface area is 108 Å². The van der Waals surface area contributed by atoms with Gasteiger partial charge in [0.05, 0.1) is 6.20 Å². The highest BCUT2D eigenvalue weighted by molar-refractivity contribution is 7.99. The minimum Gasteiger partial charge on any atom is -0.440 e. The van der Waals surface area contributed by atoms with Gasteiger partial charge in [-0.3, -0.25) is 0 Å². The van der Waals surface area contributed by atoms with Crippen molar-refractivity contribution in [2.45, 2.75) is 23.8 Å². The molecule has 0 bridgehead atoms. The molecule has 96 valence electrons. The van der Waals surface area contributed by atoms with Crippen molar-refractivity contribution in [2.24, 2.45) is 5.84 Å². The maximum atomic E-state index is 5.36. The van der Waals surface area contributed by atoms with Crippen LogP contribution in [-0.4, -0.2) is 21.6 Å². The smallest absolute Gasteiger partial charge is 0.261 e. The van der Waals surface area contributed by atoms with Crippen molar-refractivity contribution < 1.29 is 9.15 Å². The second-order valence-electron chi connectivity index (χ2n) is 3.19. The SMILES string of the molecule is CCOCc1nc(NN)cc(Sc2ncco2)n1. The number of hydrogen-bond donors (Lipinski definition) is 2. The van der Waals surface area contributed by atoms with Crippen molar-refractivity contribution in [1.29, 1.82) is 0 Å². The van der Waals surface area contributed by atoms with E-state index in [0.29, 0.717) is 35.1 Å². The van der Waals surface area contributed by atoms with Crippen molar-refractivity contribution in [1.82, 2.24) is 15.0 Å². The number of aromatic nitrogens is 3. The van der Waals surface area contributed by atoms with Crippen molar-refractivity contribution in [2.75, 3.05) is 12.0 Å². The Morgan fingerprint density at radius 1 is 1.50 bits per heavy atom. The lowest BCUT2D eigenvalue weighted by Gasteiger charge is -2.06. The first-order chi connectivity index (χ1) is 8.81. The highest BCUT2D eigenvalue weighted by Gasteiger charge is 2.08. The maximum absolute atomic E-state index is 5.36. The van der Waals surface area contributed by atoms with E-state index in [1.165, 1.54) is 18.0 Å². The lowest BCUT2D eigenvalue weighted by molar-refractivity contribution is 0.128. The molecule has 18 heavy (non-hydrogen) atoms. The van der Waals surface area contributed by atoms with Crippen LogP contribution < -0.4 is 11.3 Å². The Morgan fingerprint density at radius 2 is 2.39 bits per heavy atom. The summed E-state index contributed by atoms with van der Waals surface area (Å²) in [5.74, 6) is 6.44. The molecule has 2 heterocycles. The lowest BCUT2D eigenvalue weighted by atomic mass is 10.5. The summed E-state index contributed by atoms with van der Waals surface area (Å²) in [6, 6.07) is 1.71. The number of hydrogen-bond acceptors (Lipinski definition) is 8. The summed E-state index contributed by atoms with van der Waals surface area (Å²) in [6.07, 6.45) is 3.08. The van der Waals surface area contributed by atoms with Gasteiger partial charge < -0.3 is 14.6 Å². The Morgan fingerprint density at radius 3 is 3.06 bits per heavy atom. The zero-order valence-corrected chi connectivity index (χ0v) is 10.6. The van der Waals surface area contributed by atoms with Crippen LogP contribution in [0.5, 0.6) is 0 Å². The molecule has 8 heteroatoms. The molecule has 0 atom stereocenters. The van der Waals surface area contributed by atoms with Crippen LogP contribution in [-0.2, 0) is 11.3 Å². The minimum atomic E-state index is 0.338. The Bertz CT molecular complexity index is 491. The number of anilines is 1. The molecule has 0 fully saturated rings. The van der Waals surface area contributed by atoms with Crippen LogP contribution in [0.1, 0.15) is 12.7 Å².